The van der Waals surface area contributed by atoms with E-state index in [9.17, 15) is 4.79 Å². The van der Waals surface area contributed by atoms with Gasteiger partial charge in [0, 0.05) is 13.1 Å². The molecule has 3 aromatic rings. The number of furan rings is 1. The van der Waals surface area contributed by atoms with Crippen LogP contribution in [0.15, 0.2) is 26.3 Å². The van der Waals surface area contributed by atoms with Crippen LogP contribution < -0.4 is 16.1 Å². The topological polar surface area (TPSA) is 153 Å². The van der Waals surface area contributed by atoms with Gasteiger partial charge in [-0.15, -0.1) is 5.10 Å². The van der Waals surface area contributed by atoms with Gasteiger partial charge in [-0.3, -0.25) is 4.79 Å². The van der Waals surface area contributed by atoms with Gasteiger partial charge in [0.1, 0.15) is 11.5 Å². The van der Waals surface area contributed by atoms with Crippen molar-refractivity contribution in [1.29, 1.82) is 0 Å². The lowest BCUT2D eigenvalue weighted by Crippen LogP contribution is -2.29. The largest absolute Gasteiger partial charge is 0.460 e. The number of hydrazone groups is 1. The summed E-state index contributed by atoms with van der Waals surface area (Å²) in [6.45, 7) is 6.89. The van der Waals surface area contributed by atoms with Crippen LogP contribution in [0.2, 0.25) is 0 Å². The third kappa shape index (κ3) is 3.63. The Morgan fingerprint density at radius 1 is 1.37 bits per heavy atom. The highest BCUT2D eigenvalue weighted by Gasteiger charge is 2.26. The number of carbonyl (C=O) groups is 1. The van der Waals surface area contributed by atoms with Crippen LogP contribution in [0.4, 0.5) is 11.6 Å². The summed E-state index contributed by atoms with van der Waals surface area (Å²) in [5.41, 5.74) is 8.22. The molecule has 3 heterocycles. The average Bonchev–Trinajstić information content (AvgIpc) is 3.36. The molecule has 12 nitrogen and oxygen atoms in total. The van der Waals surface area contributed by atoms with Gasteiger partial charge in [0.25, 0.3) is 5.91 Å². The van der Waals surface area contributed by atoms with Crippen molar-refractivity contribution in [1.82, 2.24) is 30.7 Å². The van der Waals surface area contributed by atoms with Gasteiger partial charge < -0.3 is 15.1 Å². The number of rotatable bonds is 7. The SMILES string of the molecule is CCN(CC)c1c(C(=O)NN=Cc2ccc(C)o2)nnn1-c1nonc1N. The zero-order valence-corrected chi connectivity index (χ0v) is 15.1. The van der Waals surface area contributed by atoms with Crippen LogP contribution in [0.5, 0.6) is 0 Å². The number of amides is 1. The van der Waals surface area contributed by atoms with Crippen molar-refractivity contribution in [2.45, 2.75) is 20.8 Å². The molecule has 12 heteroatoms. The molecule has 3 rings (SSSR count). The van der Waals surface area contributed by atoms with E-state index in [1.807, 2.05) is 25.7 Å². The summed E-state index contributed by atoms with van der Waals surface area (Å²) in [4.78, 5) is 14.5. The molecule has 27 heavy (non-hydrogen) atoms. The van der Waals surface area contributed by atoms with Gasteiger partial charge in [-0.25, -0.2) is 10.1 Å². The number of nitrogen functional groups attached to an aromatic ring is 1. The zero-order chi connectivity index (χ0) is 19.4. The monoisotopic (exact) mass is 373 g/mol. The highest BCUT2D eigenvalue weighted by Crippen LogP contribution is 2.23. The number of aryl methyl sites for hydroxylation is 1. The minimum atomic E-state index is -0.544. The van der Waals surface area contributed by atoms with E-state index in [4.69, 9.17) is 10.2 Å². The van der Waals surface area contributed by atoms with Crippen LogP contribution in [-0.2, 0) is 0 Å². The van der Waals surface area contributed by atoms with Crippen LogP contribution in [0, 0.1) is 6.92 Å². The Morgan fingerprint density at radius 3 is 2.74 bits per heavy atom. The summed E-state index contributed by atoms with van der Waals surface area (Å²) in [5, 5.41) is 19.1. The van der Waals surface area contributed by atoms with Gasteiger partial charge in [0.2, 0.25) is 11.6 Å². The highest BCUT2D eigenvalue weighted by molar-refractivity contribution is 5.97. The van der Waals surface area contributed by atoms with Gasteiger partial charge in [-0.1, -0.05) is 5.21 Å². The van der Waals surface area contributed by atoms with E-state index in [1.54, 1.807) is 12.1 Å². The van der Waals surface area contributed by atoms with E-state index >= 15 is 0 Å². The Hall–Kier alpha value is -3.70. The van der Waals surface area contributed by atoms with E-state index < -0.39 is 5.91 Å². The molecule has 0 saturated carbocycles. The van der Waals surface area contributed by atoms with Gasteiger partial charge in [-0.05, 0) is 43.2 Å². The van der Waals surface area contributed by atoms with Crippen molar-refractivity contribution in [3.8, 4) is 5.82 Å². The Bertz CT molecular complexity index is 952. The second-order valence-electron chi connectivity index (χ2n) is 5.47. The molecule has 142 valence electrons. The first-order chi connectivity index (χ1) is 13.0. The molecular formula is C15H19N9O3. The van der Waals surface area contributed by atoms with E-state index in [1.165, 1.54) is 10.9 Å². The molecule has 1 amide bonds. The predicted octanol–water partition coefficient (Wildman–Crippen LogP) is 0.744. The van der Waals surface area contributed by atoms with Crippen LogP contribution in [-0.4, -0.2) is 50.5 Å². The maximum absolute atomic E-state index is 12.6. The summed E-state index contributed by atoms with van der Waals surface area (Å²) in [6.07, 6.45) is 1.39. The first-order valence-electron chi connectivity index (χ1n) is 8.24. The van der Waals surface area contributed by atoms with Gasteiger partial charge in [0.05, 0.1) is 6.21 Å². The number of aromatic nitrogens is 5. The zero-order valence-electron chi connectivity index (χ0n) is 15.1. The standard InChI is InChI=1S/C15H19N9O3/c1-4-23(5-2)15-11(18-22-24(15)13-12(16)20-27-21-13)14(25)19-17-8-10-7-6-9(3)26-10/h6-8H,4-5H2,1-3H3,(H2,16,20)(H,19,25). The Labute approximate surface area is 154 Å². The van der Waals surface area contributed by atoms with Gasteiger partial charge >= 0.3 is 0 Å². The van der Waals surface area contributed by atoms with Crippen molar-refractivity contribution in [3.05, 3.63) is 29.3 Å². The fourth-order valence-corrected chi connectivity index (χ4v) is 2.44. The summed E-state index contributed by atoms with van der Waals surface area (Å²) >= 11 is 0. The number of nitrogens with zero attached hydrogens (tertiary/aromatic N) is 7. The van der Waals surface area contributed by atoms with E-state index in [0.717, 1.165) is 5.76 Å². The summed E-state index contributed by atoms with van der Waals surface area (Å²) in [5.74, 6) is 1.31. The number of nitrogens with one attached hydrogen (secondary N) is 1. The van der Waals surface area contributed by atoms with Crippen molar-refractivity contribution >= 4 is 23.8 Å². The van der Waals surface area contributed by atoms with Crippen molar-refractivity contribution in [2.75, 3.05) is 23.7 Å². The molecule has 3 N–H and O–H groups in total. The maximum Gasteiger partial charge on any atom is 0.295 e. The summed E-state index contributed by atoms with van der Waals surface area (Å²) in [7, 11) is 0. The molecule has 0 aliphatic carbocycles. The lowest BCUT2D eigenvalue weighted by atomic mass is 10.3. The Kier molecular flexibility index (Phi) is 5.15. The number of nitrogens with two attached hydrogens (primary N) is 1. The first-order valence-corrected chi connectivity index (χ1v) is 8.24. The fraction of sp³-hybridized carbons (Fsp3) is 0.333. The third-order valence-electron chi connectivity index (χ3n) is 3.74. The second kappa shape index (κ2) is 7.68. The first kappa shape index (κ1) is 18.1. The molecule has 0 aromatic carbocycles. The van der Waals surface area contributed by atoms with Crippen molar-refractivity contribution in [2.24, 2.45) is 5.10 Å². The van der Waals surface area contributed by atoms with Crippen LogP contribution in [0.3, 0.4) is 0 Å². The van der Waals surface area contributed by atoms with Gasteiger partial charge in [0.15, 0.2) is 11.5 Å². The van der Waals surface area contributed by atoms with E-state index in [0.29, 0.717) is 24.7 Å². The van der Waals surface area contributed by atoms with Crippen LogP contribution >= 0.6 is 0 Å². The number of hydrogen-bond donors (Lipinski definition) is 2. The molecule has 0 atom stereocenters. The molecule has 3 aromatic heterocycles. The lowest BCUT2D eigenvalue weighted by Gasteiger charge is -2.21. The molecule has 0 fully saturated rings. The molecule has 0 radical (unpaired) electrons. The molecule has 0 unspecified atom stereocenters. The Balaban J connectivity index is 1.90. The smallest absolute Gasteiger partial charge is 0.295 e. The molecular weight excluding hydrogens is 354 g/mol. The number of hydrogen-bond acceptors (Lipinski definition) is 10. The quantitative estimate of drug-likeness (QED) is 0.451. The third-order valence-corrected chi connectivity index (χ3v) is 3.74. The van der Waals surface area contributed by atoms with Crippen LogP contribution in [0.1, 0.15) is 35.9 Å². The summed E-state index contributed by atoms with van der Waals surface area (Å²) < 4.78 is 11.3. The minimum absolute atomic E-state index is 0.0338. The van der Waals surface area contributed by atoms with Crippen molar-refractivity contribution < 1.29 is 13.8 Å². The minimum Gasteiger partial charge on any atom is -0.460 e. The fourth-order valence-electron chi connectivity index (χ4n) is 2.44. The summed E-state index contributed by atoms with van der Waals surface area (Å²) in [6, 6.07) is 3.53. The van der Waals surface area contributed by atoms with Crippen LogP contribution in [0.25, 0.3) is 5.82 Å². The highest BCUT2D eigenvalue weighted by atomic mass is 16.6. The maximum atomic E-state index is 12.6. The van der Waals surface area contributed by atoms with Crippen molar-refractivity contribution in [3.63, 3.8) is 0 Å². The molecule has 0 aliphatic rings. The number of anilines is 2. The molecule has 0 spiro atoms. The molecule has 0 saturated heterocycles. The van der Waals surface area contributed by atoms with Gasteiger partial charge in [-0.2, -0.15) is 9.78 Å². The predicted molar refractivity (Wildman–Crippen MR) is 95.7 cm³/mol. The lowest BCUT2D eigenvalue weighted by molar-refractivity contribution is 0.0950. The van der Waals surface area contributed by atoms with E-state index in [2.05, 4.69) is 35.8 Å². The molecule has 0 aliphatic heterocycles. The normalized spacial score (nSPS) is 11.2. The second-order valence-corrected chi connectivity index (χ2v) is 5.47. The Morgan fingerprint density at radius 2 is 2.15 bits per heavy atom. The van der Waals surface area contributed by atoms with E-state index in [-0.39, 0.29) is 17.3 Å². The number of carbonyl (C=O) groups excluding carboxylic acids is 1. The molecule has 0 bridgehead atoms. The average molecular weight is 373 g/mol.